The molecule has 0 aromatic rings. The lowest BCUT2D eigenvalue weighted by Gasteiger charge is -2.29. The van der Waals surface area contributed by atoms with Gasteiger partial charge in [-0.05, 0) is 31.1 Å². The zero-order chi connectivity index (χ0) is 28.0. The summed E-state index contributed by atoms with van der Waals surface area (Å²) in [6.07, 6.45) is 0.495. The maximum atomic E-state index is 13.1. The van der Waals surface area contributed by atoms with Gasteiger partial charge in [0.25, 0.3) is 0 Å². The molecule has 0 aromatic carbocycles. The number of aliphatic imine (C=N–C) groups is 1. The van der Waals surface area contributed by atoms with E-state index in [0.717, 1.165) is 0 Å². The van der Waals surface area contributed by atoms with E-state index in [4.69, 9.17) is 22.3 Å². The maximum absolute atomic E-state index is 13.1. The van der Waals surface area contributed by atoms with Crippen LogP contribution >= 0.6 is 0 Å². The summed E-state index contributed by atoms with van der Waals surface area (Å²) in [4.78, 5) is 64.6. The number of nitrogens with one attached hydrogen (secondary N) is 3. The van der Waals surface area contributed by atoms with Gasteiger partial charge in [0, 0.05) is 13.0 Å². The van der Waals surface area contributed by atoms with Crippen molar-refractivity contribution in [3.8, 4) is 0 Å². The van der Waals surface area contributed by atoms with Crippen molar-refractivity contribution in [2.45, 2.75) is 84.0 Å². The first-order valence-corrected chi connectivity index (χ1v) is 11.9. The number of nitrogens with zero attached hydrogens (tertiary/aromatic N) is 1. The molecule has 0 saturated heterocycles. The number of carboxylic acid groups (broad SMARTS) is 2. The van der Waals surface area contributed by atoms with Crippen LogP contribution in [-0.4, -0.2) is 76.5 Å². The quantitative estimate of drug-likeness (QED) is 0.0630. The number of carbonyl (C=O) groups is 5. The predicted molar refractivity (Wildman–Crippen MR) is 132 cm³/mol. The highest BCUT2D eigenvalue weighted by Gasteiger charge is 2.33. The molecule has 0 rings (SSSR count). The Morgan fingerprint density at radius 1 is 0.861 bits per heavy atom. The van der Waals surface area contributed by atoms with Crippen molar-refractivity contribution in [1.29, 1.82) is 0 Å². The van der Waals surface area contributed by atoms with Gasteiger partial charge in [-0.1, -0.05) is 34.1 Å². The lowest BCUT2D eigenvalue weighted by molar-refractivity contribution is -0.143. The van der Waals surface area contributed by atoms with Crippen molar-refractivity contribution in [1.82, 2.24) is 16.0 Å². The number of aliphatic carboxylic acids is 2. The second kappa shape index (κ2) is 16.3. The summed E-state index contributed by atoms with van der Waals surface area (Å²) >= 11 is 0. The van der Waals surface area contributed by atoms with E-state index in [1.807, 2.05) is 6.92 Å². The fourth-order valence-electron chi connectivity index (χ4n) is 3.18. The molecule has 5 atom stereocenters. The fourth-order valence-corrected chi connectivity index (χ4v) is 3.18. The molecule has 14 nitrogen and oxygen atoms in total. The zero-order valence-electron chi connectivity index (χ0n) is 21.3. The molecule has 0 spiro atoms. The van der Waals surface area contributed by atoms with E-state index in [1.165, 1.54) is 0 Å². The number of rotatable bonds is 17. The van der Waals surface area contributed by atoms with E-state index < -0.39 is 66.2 Å². The molecule has 0 radical (unpaired) electrons. The largest absolute Gasteiger partial charge is 0.481 e. The summed E-state index contributed by atoms with van der Waals surface area (Å²) in [5.41, 5.74) is 16.5. The summed E-state index contributed by atoms with van der Waals surface area (Å²) in [7, 11) is 0. The van der Waals surface area contributed by atoms with Gasteiger partial charge < -0.3 is 43.4 Å². The van der Waals surface area contributed by atoms with E-state index in [2.05, 4.69) is 20.9 Å². The molecular formula is C22H41N7O7. The standard InChI is InChI=1S/C22H41N7O7/c1-5-12(4)17(29-18(32)13(23)7-6-10-26-22(24)25)20(34)28-16(11(2)3)19(33)27-14(21(35)36)8-9-15(30)31/h11-14,16-17H,5-10,23H2,1-4H3,(H,27,33)(H,28,34)(H,29,32)(H,30,31)(H,35,36)(H4,24,25,26). The highest BCUT2D eigenvalue weighted by molar-refractivity contribution is 5.94. The fraction of sp³-hybridized carbons (Fsp3) is 0.727. The van der Waals surface area contributed by atoms with Crippen LogP contribution in [0.25, 0.3) is 0 Å². The van der Waals surface area contributed by atoms with Gasteiger partial charge in [-0.3, -0.25) is 24.2 Å². The topological polar surface area (TPSA) is 252 Å². The van der Waals surface area contributed by atoms with Crippen LogP contribution in [0.2, 0.25) is 0 Å². The summed E-state index contributed by atoms with van der Waals surface area (Å²) in [6.45, 7) is 7.19. The lowest BCUT2D eigenvalue weighted by Crippen LogP contribution is -2.59. The third-order valence-corrected chi connectivity index (χ3v) is 5.61. The molecule has 14 heteroatoms. The molecular weight excluding hydrogens is 474 g/mol. The van der Waals surface area contributed by atoms with Gasteiger partial charge in [0.05, 0.1) is 6.04 Å². The number of hydrogen-bond acceptors (Lipinski definition) is 7. The number of nitrogens with two attached hydrogens (primary N) is 3. The Bertz CT molecular complexity index is 800. The Hall–Kier alpha value is -3.42. The van der Waals surface area contributed by atoms with Crippen molar-refractivity contribution in [2.24, 2.45) is 34.0 Å². The van der Waals surface area contributed by atoms with E-state index in [1.54, 1.807) is 20.8 Å². The first kappa shape index (κ1) is 32.6. The molecule has 0 fully saturated rings. The number of hydrogen-bond donors (Lipinski definition) is 8. The Balaban J connectivity index is 5.38. The number of amides is 3. The van der Waals surface area contributed by atoms with Crippen molar-refractivity contribution in [3.63, 3.8) is 0 Å². The third-order valence-electron chi connectivity index (χ3n) is 5.61. The molecule has 36 heavy (non-hydrogen) atoms. The van der Waals surface area contributed by atoms with Crippen LogP contribution in [0, 0.1) is 11.8 Å². The Labute approximate surface area is 210 Å². The number of carboxylic acids is 2. The summed E-state index contributed by atoms with van der Waals surface area (Å²) in [6, 6.07) is -4.47. The number of carbonyl (C=O) groups excluding carboxylic acids is 3. The van der Waals surface area contributed by atoms with Crippen molar-refractivity contribution < 1.29 is 34.2 Å². The first-order chi connectivity index (χ1) is 16.7. The second-order valence-electron chi connectivity index (χ2n) is 8.99. The first-order valence-electron chi connectivity index (χ1n) is 11.9. The minimum absolute atomic E-state index is 0.0677. The van der Waals surface area contributed by atoms with Crippen molar-refractivity contribution in [2.75, 3.05) is 6.54 Å². The van der Waals surface area contributed by atoms with E-state index in [-0.39, 0.29) is 24.7 Å². The SMILES string of the molecule is CCC(C)C(NC(=O)C(N)CCCN=C(N)N)C(=O)NC(C(=O)NC(CCC(=O)O)C(=O)O)C(C)C. The summed E-state index contributed by atoms with van der Waals surface area (Å²) < 4.78 is 0. The van der Waals surface area contributed by atoms with Crippen LogP contribution in [0.5, 0.6) is 0 Å². The van der Waals surface area contributed by atoms with Gasteiger partial charge in [-0.2, -0.15) is 0 Å². The molecule has 0 aliphatic heterocycles. The maximum Gasteiger partial charge on any atom is 0.326 e. The molecule has 0 bridgehead atoms. The van der Waals surface area contributed by atoms with Gasteiger partial charge in [0.1, 0.15) is 18.1 Å². The summed E-state index contributed by atoms with van der Waals surface area (Å²) in [5, 5.41) is 25.6. The molecule has 206 valence electrons. The molecule has 11 N–H and O–H groups in total. The van der Waals surface area contributed by atoms with Gasteiger partial charge in [-0.15, -0.1) is 0 Å². The summed E-state index contributed by atoms with van der Waals surface area (Å²) in [5.74, 6) is -5.36. The van der Waals surface area contributed by atoms with E-state index in [9.17, 15) is 29.1 Å². The van der Waals surface area contributed by atoms with Gasteiger partial charge in [0.2, 0.25) is 17.7 Å². The minimum atomic E-state index is -1.44. The van der Waals surface area contributed by atoms with Crippen LogP contribution < -0.4 is 33.2 Å². The third kappa shape index (κ3) is 12.3. The zero-order valence-corrected chi connectivity index (χ0v) is 21.3. The lowest BCUT2D eigenvalue weighted by atomic mass is 9.95. The van der Waals surface area contributed by atoms with E-state index in [0.29, 0.717) is 19.4 Å². The molecule has 0 saturated carbocycles. The minimum Gasteiger partial charge on any atom is -0.481 e. The molecule has 0 heterocycles. The van der Waals surface area contributed by atoms with Gasteiger partial charge in [0.15, 0.2) is 5.96 Å². The highest BCUT2D eigenvalue weighted by atomic mass is 16.4. The normalized spacial score (nSPS) is 15.1. The molecule has 5 unspecified atom stereocenters. The Kier molecular flexibility index (Phi) is 14.7. The van der Waals surface area contributed by atoms with Crippen LogP contribution in [0.4, 0.5) is 0 Å². The molecule has 3 amide bonds. The average molecular weight is 516 g/mol. The van der Waals surface area contributed by atoms with Crippen LogP contribution in [0.3, 0.4) is 0 Å². The van der Waals surface area contributed by atoms with Gasteiger partial charge in [-0.25, -0.2) is 4.79 Å². The van der Waals surface area contributed by atoms with Crippen LogP contribution in [0.15, 0.2) is 4.99 Å². The molecule has 0 aliphatic carbocycles. The average Bonchev–Trinajstić information content (AvgIpc) is 2.79. The predicted octanol–water partition coefficient (Wildman–Crippen LogP) is -1.53. The Morgan fingerprint density at radius 2 is 1.42 bits per heavy atom. The van der Waals surface area contributed by atoms with Gasteiger partial charge >= 0.3 is 11.9 Å². The Morgan fingerprint density at radius 3 is 1.89 bits per heavy atom. The number of guanidine groups is 1. The highest BCUT2D eigenvalue weighted by Crippen LogP contribution is 2.11. The monoisotopic (exact) mass is 515 g/mol. The molecule has 0 aromatic heterocycles. The molecule has 0 aliphatic rings. The van der Waals surface area contributed by atoms with Crippen molar-refractivity contribution in [3.05, 3.63) is 0 Å². The second-order valence-corrected chi connectivity index (χ2v) is 8.99. The van der Waals surface area contributed by atoms with E-state index >= 15 is 0 Å². The van der Waals surface area contributed by atoms with Crippen LogP contribution in [-0.2, 0) is 24.0 Å². The van der Waals surface area contributed by atoms with Crippen molar-refractivity contribution >= 4 is 35.6 Å². The van der Waals surface area contributed by atoms with Crippen LogP contribution in [0.1, 0.15) is 59.8 Å². The smallest absolute Gasteiger partial charge is 0.326 e.